The van der Waals surface area contributed by atoms with E-state index in [2.05, 4.69) is 9.97 Å². The number of aromatic nitrogens is 2. The quantitative estimate of drug-likeness (QED) is 0.762. The molecule has 4 nitrogen and oxygen atoms in total. The monoisotopic (exact) mass is 222 g/mol. The fourth-order valence-electron chi connectivity index (χ4n) is 2.47. The summed E-state index contributed by atoms with van der Waals surface area (Å²) in [6.45, 7) is 0. The number of nitrogens with one attached hydrogen (secondary N) is 2. The van der Waals surface area contributed by atoms with Crippen molar-refractivity contribution in [3.05, 3.63) is 32.6 Å². The highest BCUT2D eigenvalue weighted by Crippen LogP contribution is 2.28. The molecule has 2 N–H and O–H groups in total. The molecule has 0 amide bonds. The van der Waals surface area contributed by atoms with Gasteiger partial charge in [-0.2, -0.15) is 0 Å². The van der Waals surface area contributed by atoms with E-state index in [-0.39, 0.29) is 11.2 Å². The molecule has 0 atom stereocenters. The summed E-state index contributed by atoms with van der Waals surface area (Å²) in [4.78, 5) is 27.4. The van der Waals surface area contributed by atoms with E-state index in [9.17, 15) is 9.59 Å². The van der Waals surface area contributed by atoms with Gasteiger partial charge in [0.1, 0.15) is 0 Å². The fourth-order valence-corrected chi connectivity index (χ4v) is 2.47. The Hall–Kier alpha value is -1.32. The van der Waals surface area contributed by atoms with Crippen molar-refractivity contribution in [2.24, 2.45) is 0 Å². The Morgan fingerprint density at radius 2 is 1.56 bits per heavy atom. The smallest absolute Gasteiger partial charge is 0.311 e. The van der Waals surface area contributed by atoms with Crippen molar-refractivity contribution in [1.82, 2.24) is 9.97 Å². The molecule has 1 aromatic rings. The number of hydrogen-bond donors (Lipinski definition) is 2. The van der Waals surface area contributed by atoms with Crippen LogP contribution in [0.4, 0.5) is 0 Å². The lowest BCUT2D eigenvalue weighted by Gasteiger charge is -2.19. The van der Waals surface area contributed by atoms with Crippen LogP contribution in [-0.2, 0) is 0 Å². The highest BCUT2D eigenvalue weighted by molar-refractivity contribution is 5.06. The molecule has 1 fully saturated rings. The Labute approximate surface area is 94.1 Å². The molecule has 0 aliphatic heterocycles. The summed E-state index contributed by atoms with van der Waals surface area (Å²) in [7, 11) is 0. The van der Waals surface area contributed by atoms with Gasteiger partial charge in [-0.25, -0.2) is 4.79 Å². The molecule has 1 heterocycles. The third-order valence-corrected chi connectivity index (χ3v) is 3.33. The maximum atomic E-state index is 11.2. The summed E-state index contributed by atoms with van der Waals surface area (Å²) in [5.41, 5.74) is 0.140. The van der Waals surface area contributed by atoms with Gasteiger partial charge in [0.15, 0.2) is 0 Å². The summed E-state index contributed by atoms with van der Waals surface area (Å²) >= 11 is 0. The summed E-state index contributed by atoms with van der Waals surface area (Å²) in [5, 5.41) is 0. The molecule has 0 unspecified atom stereocenters. The minimum Gasteiger partial charge on any atom is -0.311 e. The average Bonchev–Trinajstić information content (AvgIpc) is 2.14. The van der Waals surface area contributed by atoms with Crippen molar-refractivity contribution >= 4 is 0 Å². The molecule has 16 heavy (non-hydrogen) atoms. The molecule has 1 saturated carbocycles. The molecule has 0 bridgehead atoms. The Morgan fingerprint density at radius 3 is 2.19 bits per heavy atom. The van der Waals surface area contributed by atoms with Gasteiger partial charge in [0.05, 0.1) is 0 Å². The first-order chi connectivity index (χ1) is 7.75. The van der Waals surface area contributed by atoms with Crippen LogP contribution in [0.25, 0.3) is 0 Å². The van der Waals surface area contributed by atoms with Gasteiger partial charge in [-0.05, 0) is 18.8 Å². The molecule has 4 heteroatoms. The first kappa shape index (κ1) is 11.2. The van der Waals surface area contributed by atoms with Gasteiger partial charge in [-0.1, -0.05) is 32.1 Å². The number of rotatable bonds is 1. The maximum absolute atomic E-state index is 11.2. The van der Waals surface area contributed by atoms with Crippen molar-refractivity contribution in [3.63, 3.8) is 0 Å². The topological polar surface area (TPSA) is 65.7 Å². The van der Waals surface area contributed by atoms with E-state index >= 15 is 0 Å². The largest absolute Gasteiger partial charge is 0.325 e. The molecule has 0 aromatic carbocycles. The number of aromatic amines is 2. The van der Waals surface area contributed by atoms with Crippen molar-refractivity contribution in [2.75, 3.05) is 0 Å². The Kier molecular flexibility index (Phi) is 3.59. The first-order valence-electron chi connectivity index (χ1n) is 6.09. The normalized spacial score (nSPS) is 19.0. The van der Waals surface area contributed by atoms with E-state index in [1.807, 2.05) is 0 Å². The van der Waals surface area contributed by atoms with E-state index in [1.165, 1.54) is 38.2 Å². The molecule has 2 rings (SSSR count). The van der Waals surface area contributed by atoms with Crippen molar-refractivity contribution in [1.29, 1.82) is 0 Å². The lowest BCUT2D eigenvalue weighted by atomic mass is 9.89. The minimum absolute atomic E-state index is 0.291. The maximum Gasteiger partial charge on any atom is 0.325 e. The third kappa shape index (κ3) is 2.84. The van der Waals surface area contributed by atoms with Crippen molar-refractivity contribution in [3.8, 4) is 0 Å². The molecule has 1 aliphatic carbocycles. The van der Waals surface area contributed by atoms with Gasteiger partial charge in [0.25, 0.3) is 5.56 Å². The zero-order valence-electron chi connectivity index (χ0n) is 9.42. The molecule has 0 radical (unpaired) electrons. The zero-order chi connectivity index (χ0) is 11.4. The predicted molar refractivity (Wildman–Crippen MR) is 62.7 cm³/mol. The summed E-state index contributed by atoms with van der Waals surface area (Å²) in [6, 6.07) is 1.54. The first-order valence-corrected chi connectivity index (χ1v) is 6.09. The lowest BCUT2D eigenvalue weighted by molar-refractivity contribution is 0.448. The number of H-pyrrole nitrogens is 2. The van der Waals surface area contributed by atoms with Crippen LogP contribution in [0, 0.1) is 0 Å². The lowest BCUT2D eigenvalue weighted by Crippen LogP contribution is -2.24. The van der Waals surface area contributed by atoms with E-state index in [0.717, 1.165) is 18.5 Å². The third-order valence-electron chi connectivity index (χ3n) is 3.33. The summed E-state index contributed by atoms with van der Waals surface area (Å²) in [5.74, 6) is 0.357. The highest BCUT2D eigenvalue weighted by atomic mass is 16.2. The van der Waals surface area contributed by atoms with Gasteiger partial charge in [0, 0.05) is 11.8 Å². The Morgan fingerprint density at radius 1 is 0.938 bits per heavy atom. The number of hydrogen-bond acceptors (Lipinski definition) is 2. The summed E-state index contributed by atoms with van der Waals surface area (Å²) in [6.07, 6.45) is 8.41. The van der Waals surface area contributed by atoms with Crippen LogP contribution >= 0.6 is 0 Å². The SMILES string of the molecule is O=c1cc(C2CCCCCCC2)[nH]c(=O)[nH]1. The van der Waals surface area contributed by atoms with Crippen LogP contribution in [-0.4, -0.2) is 9.97 Å². The van der Waals surface area contributed by atoms with Crippen molar-refractivity contribution < 1.29 is 0 Å². The van der Waals surface area contributed by atoms with Crippen LogP contribution in [0.15, 0.2) is 15.7 Å². The van der Waals surface area contributed by atoms with Crippen LogP contribution in [0.3, 0.4) is 0 Å². The van der Waals surface area contributed by atoms with Crippen LogP contribution in [0.5, 0.6) is 0 Å². The molecule has 88 valence electrons. The van der Waals surface area contributed by atoms with Crippen molar-refractivity contribution in [2.45, 2.75) is 50.9 Å². The minimum atomic E-state index is -0.385. The second kappa shape index (κ2) is 5.14. The van der Waals surface area contributed by atoms with E-state index in [1.54, 1.807) is 0 Å². The van der Waals surface area contributed by atoms with Crippen LogP contribution in [0.2, 0.25) is 0 Å². The van der Waals surface area contributed by atoms with Crippen LogP contribution in [0.1, 0.15) is 56.6 Å². The zero-order valence-corrected chi connectivity index (χ0v) is 9.42. The van der Waals surface area contributed by atoms with Gasteiger partial charge in [-0.15, -0.1) is 0 Å². The second-order valence-corrected chi connectivity index (χ2v) is 4.59. The predicted octanol–water partition coefficient (Wildman–Crippen LogP) is 1.89. The van der Waals surface area contributed by atoms with Crippen LogP contribution < -0.4 is 11.2 Å². The Balaban J connectivity index is 2.20. The molecular weight excluding hydrogens is 204 g/mol. The van der Waals surface area contributed by atoms with Gasteiger partial charge >= 0.3 is 5.69 Å². The van der Waals surface area contributed by atoms with Gasteiger partial charge in [0.2, 0.25) is 0 Å². The highest BCUT2D eigenvalue weighted by Gasteiger charge is 2.14. The second-order valence-electron chi connectivity index (χ2n) is 4.59. The Bertz CT molecular complexity index is 411. The molecule has 1 aromatic heterocycles. The fraction of sp³-hybridized carbons (Fsp3) is 0.667. The summed E-state index contributed by atoms with van der Waals surface area (Å²) < 4.78 is 0. The molecule has 0 spiro atoms. The van der Waals surface area contributed by atoms with E-state index in [0.29, 0.717) is 5.92 Å². The molecule has 1 aliphatic rings. The molecule has 0 saturated heterocycles. The van der Waals surface area contributed by atoms with Gasteiger partial charge in [-0.3, -0.25) is 9.78 Å². The molecular formula is C12H18N2O2. The average molecular weight is 222 g/mol. The van der Waals surface area contributed by atoms with E-state index in [4.69, 9.17) is 0 Å². The van der Waals surface area contributed by atoms with E-state index < -0.39 is 0 Å². The standard InChI is InChI=1S/C12H18N2O2/c15-11-8-10(13-12(16)14-11)9-6-4-2-1-3-5-7-9/h8-9H,1-7H2,(H2,13,14,15,16). The van der Waals surface area contributed by atoms with Gasteiger partial charge < -0.3 is 4.98 Å².